The molecule has 98 valence electrons. The third kappa shape index (κ3) is 3.40. The summed E-state index contributed by atoms with van der Waals surface area (Å²) in [4.78, 5) is 14.1. The van der Waals surface area contributed by atoms with Crippen molar-refractivity contribution in [2.75, 3.05) is 20.1 Å². The van der Waals surface area contributed by atoms with E-state index in [0.717, 1.165) is 30.5 Å². The summed E-state index contributed by atoms with van der Waals surface area (Å²) in [6.45, 7) is 3.35. The zero-order valence-corrected chi connectivity index (χ0v) is 11.1. The third-order valence-electron chi connectivity index (χ3n) is 3.53. The molecule has 18 heavy (non-hydrogen) atoms. The summed E-state index contributed by atoms with van der Waals surface area (Å²) in [6, 6.07) is 7.72. The number of benzene rings is 1. The van der Waals surface area contributed by atoms with E-state index in [1.54, 1.807) is 0 Å². The summed E-state index contributed by atoms with van der Waals surface area (Å²) in [6.07, 6.45) is 1.64. The maximum Gasteiger partial charge on any atom is 0.176 e. The van der Waals surface area contributed by atoms with Crippen LogP contribution in [-0.4, -0.2) is 42.0 Å². The molecule has 0 saturated heterocycles. The molecular weight excluding hydrogens is 226 g/mol. The van der Waals surface area contributed by atoms with Crippen molar-refractivity contribution >= 4 is 5.78 Å². The Balaban J connectivity index is 1.83. The molecule has 1 aliphatic carbocycles. The lowest BCUT2D eigenvalue weighted by atomic mass is 9.82. The fourth-order valence-corrected chi connectivity index (χ4v) is 2.51. The van der Waals surface area contributed by atoms with Crippen molar-refractivity contribution in [2.45, 2.75) is 25.9 Å². The van der Waals surface area contributed by atoms with Gasteiger partial charge in [-0.1, -0.05) is 23.8 Å². The van der Waals surface area contributed by atoms with Crippen LogP contribution < -0.4 is 0 Å². The predicted octanol–water partition coefficient (Wildman–Crippen LogP) is 1.88. The molecule has 0 unspecified atom stereocenters. The number of carbonyl (C=O) groups is 1. The first kappa shape index (κ1) is 13.2. The lowest BCUT2D eigenvalue weighted by Crippen LogP contribution is -2.38. The Labute approximate surface area is 108 Å². The maximum atomic E-state index is 12.1. The smallest absolute Gasteiger partial charge is 0.176 e. The molecule has 0 radical (unpaired) electrons. The molecule has 0 aromatic heterocycles. The fraction of sp³-hybridized carbons (Fsp3) is 0.533. The summed E-state index contributed by atoms with van der Waals surface area (Å²) in [5.41, 5.74) is 1.90. The third-order valence-corrected chi connectivity index (χ3v) is 3.53. The predicted molar refractivity (Wildman–Crippen MR) is 71.7 cm³/mol. The van der Waals surface area contributed by atoms with Crippen LogP contribution in [0, 0.1) is 12.8 Å². The lowest BCUT2D eigenvalue weighted by Gasteiger charge is -2.34. The molecule has 0 atom stereocenters. The highest BCUT2D eigenvalue weighted by Crippen LogP contribution is 2.27. The minimum atomic E-state index is -0.115. The van der Waals surface area contributed by atoms with Crippen LogP contribution in [0.3, 0.4) is 0 Å². The van der Waals surface area contributed by atoms with Crippen LogP contribution in [0.2, 0.25) is 0 Å². The van der Waals surface area contributed by atoms with Gasteiger partial charge in [-0.2, -0.15) is 0 Å². The molecule has 0 heterocycles. The molecular formula is C15H21NO2. The lowest BCUT2D eigenvalue weighted by molar-refractivity contribution is 0.0286. The van der Waals surface area contributed by atoms with E-state index < -0.39 is 0 Å². The largest absolute Gasteiger partial charge is 0.393 e. The van der Waals surface area contributed by atoms with Crippen LogP contribution >= 0.6 is 0 Å². The van der Waals surface area contributed by atoms with E-state index >= 15 is 0 Å². The van der Waals surface area contributed by atoms with Crippen molar-refractivity contribution in [1.29, 1.82) is 0 Å². The zero-order chi connectivity index (χ0) is 13.1. The van der Waals surface area contributed by atoms with Crippen molar-refractivity contribution in [2.24, 2.45) is 5.92 Å². The van der Waals surface area contributed by atoms with Gasteiger partial charge in [-0.25, -0.2) is 0 Å². The summed E-state index contributed by atoms with van der Waals surface area (Å²) < 4.78 is 0. The van der Waals surface area contributed by atoms with Gasteiger partial charge in [-0.3, -0.25) is 9.69 Å². The molecule has 1 aromatic rings. The second-order valence-electron chi connectivity index (χ2n) is 5.48. The molecule has 3 nitrogen and oxygen atoms in total. The molecule has 1 saturated carbocycles. The summed E-state index contributed by atoms with van der Waals surface area (Å²) in [5, 5.41) is 9.24. The zero-order valence-electron chi connectivity index (χ0n) is 11.1. The average molecular weight is 247 g/mol. The normalized spacial score (nSPS) is 22.9. The number of aryl methyl sites for hydroxylation is 1. The number of aliphatic hydroxyl groups excluding tert-OH is 1. The van der Waals surface area contributed by atoms with Crippen LogP contribution in [0.25, 0.3) is 0 Å². The van der Waals surface area contributed by atoms with E-state index in [4.69, 9.17) is 0 Å². The first-order valence-corrected chi connectivity index (χ1v) is 6.51. The first-order chi connectivity index (χ1) is 8.54. The molecule has 0 amide bonds. The van der Waals surface area contributed by atoms with Gasteiger partial charge in [0.25, 0.3) is 0 Å². The Morgan fingerprint density at radius 2 is 2.17 bits per heavy atom. The summed E-state index contributed by atoms with van der Waals surface area (Å²) in [7, 11) is 1.97. The molecule has 3 heteroatoms. The van der Waals surface area contributed by atoms with E-state index in [1.807, 2.05) is 38.2 Å². The maximum absolute atomic E-state index is 12.1. The van der Waals surface area contributed by atoms with E-state index in [-0.39, 0.29) is 11.9 Å². The number of ketones is 1. The first-order valence-electron chi connectivity index (χ1n) is 6.51. The second kappa shape index (κ2) is 5.63. The van der Waals surface area contributed by atoms with Gasteiger partial charge in [0.15, 0.2) is 5.78 Å². The summed E-state index contributed by atoms with van der Waals surface area (Å²) in [5.74, 6) is 0.719. The van der Waals surface area contributed by atoms with Gasteiger partial charge >= 0.3 is 0 Å². The minimum Gasteiger partial charge on any atom is -0.393 e. The van der Waals surface area contributed by atoms with Crippen LogP contribution in [0.1, 0.15) is 28.8 Å². The van der Waals surface area contributed by atoms with Crippen LogP contribution in [-0.2, 0) is 0 Å². The Morgan fingerprint density at radius 3 is 2.78 bits per heavy atom. The summed E-state index contributed by atoms with van der Waals surface area (Å²) >= 11 is 0. The van der Waals surface area contributed by atoms with Crippen molar-refractivity contribution in [3.05, 3.63) is 35.4 Å². The average Bonchev–Trinajstić information content (AvgIpc) is 2.26. The molecule has 2 rings (SSSR count). The van der Waals surface area contributed by atoms with Crippen molar-refractivity contribution in [3.63, 3.8) is 0 Å². The van der Waals surface area contributed by atoms with Gasteiger partial charge in [0, 0.05) is 12.1 Å². The fourth-order valence-electron chi connectivity index (χ4n) is 2.51. The Bertz CT molecular complexity index is 424. The monoisotopic (exact) mass is 247 g/mol. The highest BCUT2D eigenvalue weighted by Gasteiger charge is 2.28. The van der Waals surface area contributed by atoms with Gasteiger partial charge in [0.2, 0.25) is 0 Å². The number of hydrogen-bond acceptors (Lipinski definition) is 3. The molecule has 1 aromatic carbocycles. The van der Waals surface area contributed by atoms with Crippen molar-refractivity contribution in [1.82, 2.24) is 4.90 Å². The van der Waals surface area contributed by atoms with Crippen LogP contribution in [0.5, 0.6) is 0 Å². The van der Waals surface area contributed by atoms with E-state index in [0.29, 0.717) is 12.5 Å². The standard InChI is InChI=1S/C15H21NO2/c1-11-4-3-5-13(6-11)15(18)10-16(2)9-12-7-14(17)8-12/h3-6,12,14,17H,7-10H2,1-2H3. The Kier molecular flexibility index (Phi) is 4.15. The Morgan fingerprint density at radius 1 is 1.44 bits per heavy atom. The quantitative estimate of drug-likeness (QED) is 0.808. The molecule has 1 aliphatic rings. The van der Waals surface area contributed by atoms with E-state index in [1.165, 1.54) is 0 Å². The number of rotatable bonds is 5. The number of aliphatic hydroxyl groups is 1. The molecule has 0 spiro atoms. The minimum absolute atomic E-state index is 0.115. The number of carbonyl (C=O) groups excluding carboxylic acids is 1. The van der Waals surface area contributed by atoms with Gasteiger partial charge in [0.05, 0.1) is 12.6 Å². The topological polar surface area (TPSA) is 40.5 Å². The van der Waals surface area contributed by atoms with Gasteiger partial charge in [0.1, 0.15) is 0 Å². The van der Waals surface area contributed by atoms with Gasteiger partial charge in [-0.05, 0) is 38.8 Å². The van der Waals surface area contributed by atoms with Gasteiger partial charge in [-0.15, -0.1) is 0 Å². The number of likely N-dealkylation sites (N-methyl/N-ethyl adjacent to an activating group) is 1. The van der Waals surface area contributed by atoms with Crippen LogP contribution in [0.15, 0.2) is 24.3 Å². The van der Waals surface area contributed by atoms with Crippen molar-refractivity contribution < 1.29 is 9.90 Å². The van der Waals surface area contributed by atoms with Gasteiger partial charge < -0.3 is 5.11 Å². The van der Waals surface area contributed by atoms with Crippen molar-refractivity contribution in [3.8, 4) is 0 Å². The molecule has 1 fully saturated rings. The SMILES string of the molecule is Cc1cccc(C(=O)CN(C)CC2CC(O)C2)c1. The van der Waals surface area contributed by atoms with E-state index in [2.05, 4.69) is 4.90 Å². The highest BCUT2D eigenvalue weighted by molar-refractivity contribution is 5.97. The van der Waals surface area contributed by atoms with E-state index in [9.17, 15) is 9.90 Å². The molecule has 1 N–H and O–H groups in total. The molecule has 0 bridgehead atoms. The number of Topliss-reactive ketones (excluding diaryl/α,β-unsaturated/α-hetero) is 1. The highest BCUT2D eigenvalue weighted by atomic mass is 16.3. The number of hydrogen-bond donors (Lipinski definition) is 1. The number of nitrogens with zero attached hydrogens (tertiary/aromatic N) is 1. The second-order valence-corrected chi connectivity index (χ2v) is 5.48. The van der Waals surface area contributed by atoms with Crippen LogP contribution in [0.4, 0.5) is 0 Å². The Hall–Kier alpha value is -1.19. The molecule has 0 aliphatic heterocycles.